The molecule has 0 radical (unpaired) electrons. The molecule has 0 aromatic rings. The topological polar surface area (TPSA) is 26.3 Å². The standard InChI is InChI=1S/C7H11IO2/c1-5(9)10-7-4-2-3-6(7)8/h6-7H,2-4H2,1H3/t6-,7+/m0/s1. The Balaban J connectivity index is 2.33. The van der Waals surface area contributed by atoms with Crippen LogP contribution in [-0.4, -0.2) is 16.0 Å². The third-order valence-electron chi connectivity index (χ3n) is 1.69. The van der Waals surface area contributed by atoms with Crippen LogP contribution in [0.2, 0.25) is 0 Å². The van der Waals surface area contributed by atoms with Gasteiger partial charge in [-0.05, 0) is 19.3 Å². The van der Waals surface area contributed by atoms with Gasteiger partial charge in [0.15, 0.2) is 0 Å². The minimum atomic E-state index is -0.145. The van der Waals surface area contributed by atoms with E-state index in [1.807, 2.05) is 0 Å². The average Bonchev–Trinajstić information content (AvgIpc) is 2.15. The van der Waals surface area contributed by atoms with Crippen molar-refractivity contribution in [3.63, 3.8) is 0 Å². The molecule has 0 amide bonds. The zero-order chi connectivity index (χ0) is 7.56. The maximum Gasteiger partial charge on any atom is 0.302 e. The van der Waals surface area contributed by atoms with Gasteiger partial charge in [-0.1, -0.05) is 22.6 Å². The lowest BCUT2D eigenvalue weighted by atomic mass is 10.3. The summed E-state index contributed by atoms with van der Waals surface area (Å²) in [6.45, 7) is 1.47. The molecule has 1 fully saturated rings. The summed E-state index contributed by atoms with van der Waals surface area (Å²) in [5, 5.41) is 0. The number of carbonyl (C=O) groups excluding carboxylic acids is 1. The van der Waals surface area contributed by atoms with Crippen LogP contribution < -0.4 is 0 Å². The van der Waals surface area contributed by atoms with E-state index in [9.17, 15) is 4.79 Å². The quantitative estimate of drug-likeness (QED) is 0.406. The predicted octanol–water partition coefficient (Wildman–Crippen LogP) is 1.91. The lowest BCUT2D eigenvalue weighted by molar-refractivity contribution is -0.145. The zero-order valence-corrected chi connectivity index (χ0v) is 8.13. The zero-order valence-electron chi connectivity index (χ0n) is 5.97. The predicted molar refractivity (Wildman–Crippen MR) is 47.2 cm³/mol. The van der Waals surface area contributed by atoms with Gasteiger partial charge in [-0.3, -0.25) is 4.79 Å². The van der Waals surface area contributed by atoms with Crippen LogP contribution in [0.15, 0.2) is 0 Å². The molecule has 0 N–H and O–H groups in total. The van der Waals surface area contributed by atoms with Crippen molar-refractivity contribution in [1.82, 2.24) is 0 Å². The first-order valence-electron chi connectivity index (χ1n) is 3.51. The highest BCUT2D eigenvalue weighted by atomic mass is 127. The molecule has 0 aliphatic heterocycles. The normalized spacial score (nSPS) is 32.2. The van der Waals surface area contributed by atoms with Crippen molar-refractivity contribution in [2.45, 2.75) is 36.2 Å². The second kappa shape index (κ2) is 3.55. The second-order valence-electron chi connectivity index (χ2n) is 2.59. The number of hydrogen-bond acceptors (Lipinski definition) is 2. The Labute approximate surface area is 74.5 Å². The largest absolute Gasteiger partial charge is 0.461 e. The maximum atomic E-state index is 10.5. The molecular formula is C7H11IO2. The Morgan fingerprint density at radius 3 is 2.70 bits per heavy atom. The molecule has 3 heteroatoms. The van der Waals surface area contributed by atoms with Crippen molar-refractivity contribution >= 4 is 28.6 Å². The van der Waals surface area contributed by atoms with Gasteiger partial charge in [0.1, 0.15) is 6.10 Å². The molecule has 0 unspecified atom stereocenters. The molecule has 0 aromatic carbocycles. The van der Waals surface area contributed by atoms with E-state index in [0.29, 0.717) is 3.92 Å². The second-order valence-corrected chi connectivity index (χ2v) is 4.19. The smallest absolute Gasteiger partial charge is 0.302 e. The van der Waals surface area contributed by atoms with Crippen LogP contribution in [0.25, 0.3) is 0 Å². The number of ether oxygens (including phenoxy) is 1. The van der Waals surface area contributed by atoms with E-state index in [4.69, 9.17) is 4.74 Å². The number of carbonyl (C=O) groups is 1. The molecule has 0 heterocycles. The highest BCUT2D eigenvalue weighted by Crippen LogP contribution is 2.28. The molecule has 0 spiro atoms. The van der Waals surface area contributed by atoms with Crippen LogP contribution in [-0.2, 0) is 9.53 Å². The van der Waals surface area contributed by atoms with Crippen LogP contribution in [0.1, 0.15) is 26.2 Å². The molecule has 2 nitrogen and oxygen atoms in total. The van der Waals surface area contributed by atoms with Crippen molar-refractivity contribution in [2.75, 3.05) is 0 Å². The maximum absolute atomic E-state index is 10.5. The van der Waals surface area contributed by atoms with Gasteiger partial charge < -0.3 is 4.74 Å². The third kappa shape index (κ3) is 2.11. The summed E-state index contributed by atoms with van der Waals surface area (Å²) in [5.41, 5.74) is 0. The van der Waals surface area contributed by atoms with E-state index in [0.717, 1.165) is 6.42 Å². The highest BCUT2D eigenvalue weighted by Gasteiger charge is 2.26. The van der Waals surface area contributed by atoms with Crippen molar-refractivity contribution in [3.05, 3.63) is 0 Å². The summed E-state index contributed by atoms with van der Waals surface area (Å²) in [6.07, 6.45) is 3.63. The first kappa shape index (κ1) is 8.30. The Morgan fingerprint density at radius 2 is 2.30 bits per heavy atom. The first-order valence-corrected chi connectivity index (χ1v) is 4.76. The van der Waals surface area contributed by atoms with E-state index < -0.39 is 0 Å². The van der Waals surface area contributed by atoms with Gasteiger partial charge in [0, 0.05) is 10.8 Å². The number of rotatable bonds is 1. The molecule has 1 aliphatic carbocycles. The van der Waals surface area contributed by atoms with Crippen LogP contribution in [0.5, 0.6) is 0 Å². The van der Waals surface area contributed by atoms with Gasteiger partial charge in [-0.15, -0.1) is 0 Å². The molecule has 0 aromatic heterocycles. The molecule has 1 saturated carbocycles. The van der Waals surface area contributed by atoms with E-state index in [1.165, 1.54) is 19.8 Å². The SMILES string of the molecule is CC(=O)O[C@@H]1CCC[C@@H]1I. The van der Waals surface area contributed by atoms with Crippen molar-refractivity contribution in [2.24, 2.45) is 0 Å². The Bertz CT molecular complexity index is 136. The number of halogens is 1. The summed E-state index contributed by atoms with van der Waals surface area (Å²) in [6, 6.07) is 0. The molecule has 58 valence electrons. The van der Waals surface area contributed by atoms with Crippen molar-refractivity contribution in [3.8, 4) is 0 Å². The van der Waals surface area contributed by atoms with Crippen LogP contribution >= 0.6 is 22.6 Å². The fourth-order valence-electron chi connectivity index (χ4n) is 1.23. The summed E-state index contributed by atoms with van der Waals surface area (Å²) in [7, 11) is 0. The van der Waals surface area contributed by atoms with E-state index in [-0.39, 0.29) is 12.1 Å². The molecule has 1 aliphatic rings. The summed E-state index contributed by atoms with van der Waals surface area (Å²) < 4.78 is 5.62. The average molecular weight is 254 g/mol. The van der Waals surface area contributed by atoms with Gasteiger partial charge in [0.2, 0.25) is 0 Å². The van der Waals surface area contributed by atoms with E-state index in [1.54, 1.807) is 0 Å². The van der Waals surface area contributed by atoms with Gasteiger partial charge in [-0.25, -0.2) is 0 Å². The van der Waals surface area contributed by atoms with Gasteiger partial charge in [0.25, 0.3) is 0 Å². The Kier molecular flexibility index (Phi) is 2.95. The molecular weight excluding hydrogens is 243 g/mol. The Hall–Kier alpha value is 0.200. The number of hydrogen-bond donors (Lipinski definition) is 0. The fraction of sp³-hybridized carbons (Fsp3) is 0.857. The summed E-state index contributed by atoms with van der Waals surface area (Å²) >= 11 is 2.35. The van der Waals surface area contributed by atoms with Gasteiger partial charge in [-0.2, -0.15) is 0 Å². The van der Waals surface area contributed by atoms with Gasteiger partial charge in [0.05, 0.1) is 0 Å². The molecule has 0 saturated heterocycles. The summed E-state index contributed by atoms with van der Waals surface area (Å²) in [5.74, 6) is -0.145. The molecule has 0 bridgehead atoms. The molecule has 10 heavy (non-hydrogen) atoms. The Morgan fingerprint density at radius 1 is 1.60 bits per heavy atom. The molecule has 1 rings (SSSR count). The third-order valence-corrected chi connectivity index (χ3v) is 3.11. The lowest BCUT2D eigenvalue weighted by Gasteiger charge is -2.12. The van der Waals surface area contributed by atoms with Crippen LogP contribution in [0.4, 0.5) is 0 Å². The molecule has 2 atom stereocenters. The van der Waals surface area contributed by atoms with E-state index >= 15 is 0 Å². The minimum absolute atomic E-state index is 0.145. The van der Waals surface area contributed by atoms with E-state index in [2.05, 4.69) is 22.6 Å². The van der Waals surface area contributed by atoms with Crippen molar-refractivity contribution < 1.29 is 9.53 Å². The monoisotopic (exact) mass is 254 g/mol. The van der Waals surface area contributed by atoms with Gasteiger partial charge >= 0.3 is 5.97 Å². The fourth-order valence-corrected chi connectivity index (χ4v) is 2.17. The number of alkyl halides is 1. The lowest BCUT2D eigenvalue weighted by Crippen LogP contribution is -2.20. The highest BCUT2D eigenvalue weighted by molar-refractivity contribution is 14.1. The first-order chi connectivity index (χ1) is 4.70. The van der Waals surface area contributed by atoms with Crippen molar-refractivity contribution in [1.29, 1.82) is 0 Å². The number of esters is 1. The minimum Gasteiger partial charge on any atom is -0.461 e. The van der Waals surface area contributed by atoms with Crippen LogP contribution in [0, 0.1) is 0 Å². The van der Waals surface area contributed by atoms with Crippen LogP contribution in [0.3, 0.4) is 0 Å². The summed E-state index contributed by atoms with van der Waals surface area (Å²) in [4.78, 5) is 10.5.